The Labute approximate surface area is 158 Å². The lowest BCUT2D eigenvalue weighted by Crippen LogP contribution is -2.56. The second-order valence-corrected chi connectivity index (χ2v) is 5.70. The lowest BCUT2D eigenvalue weighted by molar-refractivity contribution is -0.147. The molecule has 3 amide bonds. The van der Waals surface area contributed by atoms with Gasteiger partial charge in [0.25, 0.3) is 0 Å². The third-order valence-corrected chi connectivity index (χ3v) is 3.27. The number of carboxylic acid groups (broad SMARTS) is 3. The molecule has 0 saturated heterocycles. The van der Waals surface area contributed by atoms with E-state index in [-0.39, 0.29) is 0 Å². The number of nitrogens with one attached hydrogen (secondary N) is 3. The maximum absolute atomic E-state index is 12.0. The molecule has 0 aromatic carbocycles. The van der Waals surface area contributed by atoms with Crippen LogP contribution in [0.1, 0.15) is 19.8 Å². The molecule has 0 aliphatic carbocycles. The summed E-state index contributed by atoms with van der Waals surface area (Å²) < 4.78 is 0. The minimum Gasteiger partial charge on any atom is -0.481 e. The molecule has 0 spiro atoms. The summed E-state index contributed by atoms with van der Waals surface area (Å²) in [5, 5.41) is 41.3. The average Bonchev–Trinajstić information content (AvgIpc) is 2.56. The number of aliphatic carboxylic acids is 3. The molecular formula is C14H22N4O10. The highest BCUT2D eigenvalue weighted by atomic mass is 16.4. The third kappa shape index (κ3) is 9.44. The molecule has 0 heterocycles. The maximum Gasteiger partial charge on any atom is 0.326 e. The van der Waals surface area contributed by atoms with Crippen molar-refractivity contribution in [2.45, 2.75) is 44.0 Å². The molecule has 4 unspecified atom stereocenters. The zero-order chi connectivity index (χ0) is 22.0. The van der Waals surface area contributed by atoms with E-state index < -0.39 is 79.2 Å². The van der Waals surface area contributed by atoms with Gasteiger partial charge < -0.3 is 42.1 Å². The number of carbonyl (C=O) groups excluding carboxylic acids is 3. The van der Waals surface area contributed by atoms with Crippen molar-refractivity contribution in [3.63, 3.8) is 0 Å². The van der Waals surface area contributed by atoms with Crippen LogP contribution in [0.5, 0.6) is 0 Å². The molecule has 0 radical (unpaired) electrons. The van der Waals surface area contributed by atoms with E-state index >= 15 is 0 Å². The highest BCUT2D eigenvalue weighted by Gasteiger charge is 2.28. The Morgan fingerprint density at radius 2 is 1.36 bits per heavy atom. The number of hydrogen-bond donors (Lipinski definition) is 8. The van der Waals surface area contributed by atoms with E-state index in [0.29, 0.717) is 0 Å². The Morgan fingerprint density at radius 1 is 0.857 bits per heavy atom. The van der Waals surface area contributed by atoms with Crippen molar-refractivity contribution in [2.24, 2.45) is 5.73 Å². The number of hydrogen-bond acceptors (Lipinski definition) is 8. The van der Waals surface area contributed by atoms with Crippen LogP contribution in [0.4, 0.5) is 0 Å². The van der Waals surface area contributed by atoms with Gasteiger partial charge in [-0.25, -0.2) is 4.79 Å². The Bertz CT molecular complexity index is 636. The van der Waals surface area contributed by atoms with Crippen molar-refractivity contribution in [1.29, 1.82) is 0 Å². The van der Waals surface area contributed by atoms with Gasteiger partial charge in [-0.05, 0) is 6.92 Å². The number of carbonyl (C=O) groups is 6. The van der Waals surface area contributed by atoms with Gasteiger partial charge in [0, 0.05) is 0 Å². The Hall–Kier alpha value is -3.26. The largest absolute Gasteiger partial charge is 0.481 e. The number of aliphatic hydroxyl groups is 1. The van der Waals surface area contributed by atoms with E-state index in [1.807, 2.05) is 16.0 Å². The molecule has 4 atom stereocenters. The summed E-state index contributed by atoms with van der Waals surface area (Å²) >= 11 is 0. The minimum atomic E-state index is -1.74. The summed E-state index contributed by atoms with van der Waals surface area (Å²) in [5.41, 5.74) is 5.38. The van der Waals surface area contributed by atoms with Gasteiger partial charge in [0.15, 0.2) is 0 Å². The maximum atomic E-state index is 12.0. The number of carboxylic acids is 3. The zero-order valence-electron chi connectivity index (χ0n) is 14.7. The summed E-state index contributed by atoms with van der Waals surface area (Å²) in [4.78, 5) is 67.7. The Morgan fingerprint density at radius 3 is 1.79 bits per heavy atom. The van der Waals surface area contributed by atoms with E-state index in [0.717, 1.165) is 0 Å². The van der Waals surface area contributed by atoms with Gasteiger partial charge in [0.1, 0.15) is 18.1 Å². The highest BCUT2D eigenvalue weighted by Crippen LogP contribution is 1.97. The first-order valence-electron chi connectivity index (χ1n) is 7.82. The second kappa shape index (κ2) is 11.5. The number of rotatable bonds is 12. The lowest BCUT2D eigenvalue weighted by atomic mass is 10.1. The van der Waals surface area contributed by atoms with Crippen molar-refractivity contribution in [3.05, 3.63) is 0 Å². The van der Waals surface area contributed by atoms with E-state index in [9.17, 15) is 33.9 Å². The smallest absolute Gasteiger partial charge is 0.326 e. The average molecular weight is 406 g/mol. The van der Waals surface area contributed by atoms with Gasteiger partial charge in [0.05, 0.1) is 25.5 Å². The quantitative estimate of drug-likeness (QED) is 0.154. The molecule has 14 heteroatoms. The molecular weight excluding hydrogens is 384 g/mol. The Balaban J connectivity index is 4.87. The van der Waals surface area contributed by atoms with Crippen molar-refractivity contribution >= 4 is 35.6 Å². The first-order valence-corrected chi connectivity index (χ1v) is 7.82. The van der Waals surface area contributed by atoms with Crippen molar-refractivity contribution in [1.82, 2.24) is 16.0 Å². The van der Waals surface area contributed by atoms with E-state index in [1.54, 1.807) is 0 Å². The topological polar surface area (TPSA) is 245 Å². The number of nitrogens with two attached hydrogens (primary N) is 1. The first-order chi connectivity index (χ1) is 12.8. The van der Waals surface area contributed by atoms with Gasteiger partial charge in [0.2, 0.25) is 17.7 Å². The van der Waals surface area contributed by atoms with Crippen LogP contribution in [0.3, 0.4) is 0 Å². The van der Waals surface area contributed by atoms with Crippen LogP contribution in [-0.4, -0.2) is 86.8 Å². The van der Waals surface area contributed by atoms with Crippen molar-refractivity contribution < 1.29 is 49.2 Å². The molecule has 0 rings (SSSR count). The molecule has 14 nitrogen and oxygen atoms in total. The fraction of sp³-hybridized carbons (Fsp3) is 0.571. The molecule has 28 heavy (non-hydrogen) atoms. The van der Waals surface area contributed by atoms with Gasteiger partial charge in [-0.2, -0.15) is 0 Å². The van der Waals surface area contributed by atoms with E-state index in [2.05, 4.69) is 0 Å². The molecule has 158 valence electrons. The van der Waals surface area contributed by atoms with E-state index in [4.69, 9.17) is 21.1 Å². The fourth-order valence-corrected chi connectivity index (χ4v) is 1.78. The third-order valence-electron chi connectivity index (χ3n) is 3.27. The number of aliphatic hydroxyl groups excluding tert-OH is 1. The Kier molecular flexibility index (Phi) is 10.1. The number of amides is 3. The SMILES string of the molecule is CC(O)C(N)C(=O)NC(CC(=O)O)C(=O)NCC(=O)NC(CC(=O)O)C(=O)O. The van der Waals surface area contributed by atoms with Crippen LogP contribution in [0, 0.1) is 0 Å². The second-order valence-electron chi connectivity index (χ2n) is 5.70. The van der Waals surface area contributed by atoms with Crippen LogP contribution in [-0.2, 0) is 28.8 Å². The summed E-state index contributed by atoms with van der Waals surface area (Å²) in [7, 11) is 0. The molecule has 9 N–H and O–H groups in total. The summed E-state index contributed by atoms with van der Waals surface area (Å²) in [5.74, 6) is -7.69. The van der Waals surface area contributed by atoms with Gasteiger partial charge >= 0.3 is 17.9 Å². The predicted molar refractivity (Wildman–Crippen MR) is 88.7 cm³/mol. The molecule has 0 aliphatic rings. The summed E-state index contributed by atoms with van der Waals surface area (Å²) in [6.45, 7) is 0.396. The predicted octanol–water partition coefficient (Wildman–Crippen LogP) is -4.19. The monoisotopic (exact) mass is 406 g/mol. The fourth-order valence-electron chi connectivity index (χ4n) is 1.78. The van der Waals surface area contributed by atoms with Crippen molar-refractivity contribution in [2.75, 3.05) is 6.54 Å². The summed E-state index contributed by atoms with van der Waals surface area (Å²) in [6.07, 6.45) is -3.03. The van der Waals surface area contributed by atoms with Crippen LogP contribution in [0.2, 0.25) is 0 Å². The zero-order valence-corrected chi connectivity index (χ0v) is 14.7. The normalized spacial score (nSPS) is 14.7. The van der Waals surface area contributed by atoms with Crippen LogP contribution < -0.4 is 21.7 Å². The molecule has 0 saturated carbocycles. The molecule has 0 aromatic rings. The molecule has 0 aromatic heterocycles. The van der Waals surface area contributed by atoms with Gasteiger partial charge in [-0.15, -0.1) is 0 Å². The lowest BCUT2D eigenvalue weighted by Gasteiger charge is -2.20. The standard InChI is InChI=1S/C14H22N4O10/c1-5(19)11(15)13(26)18-6(2-9(21)22)12(25)16-4-8(20)17-7(14(27)28)3-10(23)24/h5-7,11,19H,2-4,15H2,1H3,(H,16,25)(H,17,20)(H,18,26)(H,21,22)(H,23,24)(H,27,28). The van der Waals surface area contributed by atoms with Crippen LogP contribution in [0.15, 0.2) is 0 Å². The van der Waals surface area contributed by atoms with Crippen LogP contribution in [0.25, 0.3) is 0 Å². The molecule has 0 fully saturated rings. The minimum absolute atomic E-state index is 0.809. The van der Waals surface area contributed by atoms with Gasteiger partial charge in [-0.3, -0.25) is 24.0 Å². The van der Waals surface area contributed by atoms with E-state index in [1.165, 1.54) is 6.92 Å². The molecule has 0 aliphatic heterocycles. The first kappa shape index (κ1) is 24.7. The summed E-state index contributed by atoms with van der Waals surface area (Å²) in [6, 6.07) is -4.79. The van der Waals surface area contributed by atoms with Crippen LogP contribution >= 0.6 is 0 Å². The van der Waals surface area contributed by atoms with Gasteiger partial charge in [-0.1, -0.05) is 0 Å². The molecule has 0 bridgehead atoms. The van der Waals surface area contributed by atoms with Crippen molar-refractivity contribution in [3.8, 4) is 0 Å². The highest BCUT2D eigenvalue weighted by molar-refractivity contribution is 5.94.